The molecular weight excluding hydrogens is 368 g/mol. The van der Waals surface area contributed by atoms with Crippen molar-refractivity contribution in [1.29, 1.82) is 0 Å². The van der Waals surface area contributed by atoms with Crippen molar-refractivity contribution in [2.45, 2.75) is 19.8 Å². The van der Waals surface area contributed by atoms with Crippen LogP contribution in [-0.2, 0) is 4.74 Å². The summed E-state index contributed by atoms with van der Waals surface area (Å²) in [5.74, 6) is 1.62. The number of nitrogens with zero attached hydrogens (tertiary/aromatic N) is 5. The number of hydrogen-bond acceptors (Lipinski definition) is 7. The fraction of sp³-hybridized carbons (Fsp3) is 0.476. The number of piperazine rings is 1. The SMILES string of the molecule is CCOC(=O)N1CCN(c2cc(Nc3ccc(N4CCCC4)cc3)ncn2)CC1. The molecule has 0 unspecified atom stereocenters. The Bertz CT molecular complexity index is 814. The van der Waals surface area contributed by atoms with E-state index in [2.05, 4.69) is 49.4 Å². The zero-order valence-electron chi connectivity index (χ0n) is 16.9. The number of carbonyl (C=O) groups excluding carboxylic acids is 1. The lowest BCUT2D eigenvalue weighted by molar-refractivity contribution is 0.105. The Morgan fingerprint density at radius 2 is 1.72 bits per heavy atom. The normalized spacial score (nSPS) is 16.8. The summed E-state index contributed by atoms with van der Waals surface area (Å²) < 4.78 is 5.08. The van der Waals surface area contributed by atoms with E-state index in [0.29, 0.717) is 19.7 Å². The van der Waals surface area contributed by atoms with Gasteiger partial charge >= 0.3 is 6.09 Å². The first kappa shape index (κ1) is 19.3. The minimum atomic E-state index is -0.241. The Balaban J connectivity index is 1.36. The minimum Gasteiger partial charge on any atom is -0.450 e. The van der Waals surface area contributed by atoms with Gasteiger partial charge in [0.15, 0.2) is 0 Å². The van der Waals surface area contributed by atoms with E-state index in [0.717, 1.165) is 43.5 Å². The summed E-state index contributed by atoms with van der Waals surface area (Å²) in [6, 6.07) is 10.4. The summed E-state index contributed by atoms with van der Waals surface area (Å²) in [6.45, 7) is 7.21. The van der Waals surface area contributed by atoms with E-state index in [-0.39, 0.29) is 6.09 Å². The lowest BCUT2D eigenvalue weighted by Crippen LogP contribution is -2.49. The highest BCUT2D eigenvalue weighted by Crippen LogP contribution is 2.24. The zero-order valence-corrected chi connectivity index (χ0v) is 16.9. The van der Waals surface area contributed by atoms with Crippen molar-refractivity contribution in [1.82, 2.24) is 14.9 Å². The molecule has 8 nitrogen and oxygen atoms in total. The summed E-state index contributed by atoms with van der Waals surface area (Å²) in [5.41, 5.74) is 2.28. The third kappa shape index (κ3) is 4.70. The van der Waals surface area contributed by atoms with Crippen LogP contribution in [0.25, 0.3) is 0 Å². The molecule has 0 bridgehead atoms. The van der Waals surface area contributed by atoms with Crippen LogP contribution < -0.4 is 15.1 Å². The highest BCUT2D eigenvalue weighted by molar-refractivity contribution is 5.68. The molecule has 2 saturated heterocycles. The molecule has 1 aromatic heterocycles. The van der Waals surface area contributed by atoms with Crippen molar-refractivity contribution in [3.63, 3.8) is 0 Å². The van der Waals surface area contributed by atoms with E-state index in [9.17, 15) is 4.79 Å². The highest BCUT2D eigenvalue weighted by Gasteiger charge is 2.23. The quantitative estimate of drug-likeness (QED) is 0.832. The number of amides is 1. The maximum atomic E-state index is 11.9. The lowest BCUT2D eigenvalue weighted by atomic mass is 10.2. The van der Waals surface area contributed by atoms with Crippen LogP contribution in [0, 0.1) is 0 Å². The minimum absolute atomic E-state index is 0.241. The molecule has 0 atom stereocenters. The number of aromatic nitrogens is 2. The number of carbonyl (C=O) groups is 1. The summed E-state index contributed by atoms with van der Waals surface area (Å²) in [4.78, 5) is 26.9. The molecule has 1 N–H and O–H groups in total. The van der Waals surface area contributed by atoms with Gasteiger partial charge in [-0.25, -0.2) is 14.8 Å². The largest absolute Gasteiger partial charge is 0.450 e. The third-order valence-corrected chi connectivity index (χ3v) is 5.39. The molecular formula is C21H28N6O2. The van der Waals surface area contributed by atoms with Crippen LogP contribution in [0.5, 0.6) is 0 Å². The molecule has 154 valence electrons. The molecule has 4 rings (SSSR count). The molecule has 2 aliphatic heterocycles. The Morgan fingerprint density at radius 1 is 1.00 bits per heavy atom. The number of benzene rings is 1. The molecule has 0 spiro atoms. The summed E-state index contributed by atoms with van der Waals surface area (Å²) >= 11 is 0. The average Bonchev–Trinajstić information content (AvgIpc) is 3.30. The molecule has 2 aromatic rings. The van der Waals surface area contributed by atoms with Gasteiger partial charge in [0.2, 0.25) is 0 Å². The Labute approximate surface area is 171 Å². The first-order chi connectivity index (χ1) is 14.2. The highest BCUT2D eigenvalue weighted by atomic mass is 16.6. The molecule has 29 heavy (non-hydrogen) atoms. The van der Waals surface area contributed by atoms with Crippen LogP contribution in [0.3, 0.4) is 0 Å². The number of ether oxygens (including phenoxy) is 1. The van der Waals surface area contributed by atoms with Crippen molar-refractivity contribution in [2.24, 2.45) is 0 Å². The molecule has 2 fully saturated rings. The molecule has 1 aromatic carbocycles. The van der Waals surface area contributed by atoms with E-state index >= 15 is 0 Å². The molecule has 1 amide bonds. The van der Waals surface area contributed by atoms with E-state index < -0.39 is 0 Å². The first-order valence-corrected chi connectivity index (χ1v) is 10.3. The fourth-order valence-electron chi connectivity index (χ4n) is 3.80. The molecule has 2 aliphatic rings. The van der Waals surface area contributed by atoms with Gasteiger partial charge in [-0.1, -0.05) is 0 Å². The molecule has 3 heterocycles. The van der Waals surface area contributed by atoms with Gasteiger partial charge in [-0.15, -0.1) is 0 Å². The summed E-state index contributed by atoms with van der Waals surface area (Å²) in [7, 11) is 0. The predicted molar refractivity (Wildman–Crippen MR) is 114 cm³/mol. The molecule has 0 saturated carbocycles. The average molecular weight is 396 g/mol. The third-order valence-electron chi connectivity index (χ3n) is 5.39. The summed E-state index contributed by atoms with van der Waals surface area (Å²) in [5, 5.41) is 3.36. The number of hydrogen-bond donors (Lipinski definition) is 1. The molecule has 0 aliphatic carbocycles. The van der Waals surface area contributed by atoms with Gasteiger partial charge in [-0.05, 0) is 44.0 Å². The van der Waals surface area contributed by atoms with Gasteiger partial charge < -0.3 is 24.8 Å². The first-order valence-electron chi connectivity index (χ1n) is 10.3. The maximum Gasteiger partial charge on any atom is 0.409 e. The van der Waals surface area contributed by atoms with Crippen LogP contribution >= 0.6 is 0 Å². The van der Waals surface area contributed by atoms with Crippen LogP contribution in [0.15, 0.2) is 36.7 Å². The summed E-state index contributed by atoms with van der Waals surface area (Å²) in [6.07, 6.45) is 3.89. The predicted octanol–water partition coefficient (Wildman–Crippen LogP) is 3.10. The van der Waals surface area contributed by atoms with Gasteiger partial charge in [0.25, 0.3) is 0 Å². The number of nitrogens with one attached hydrogen (secondary N) is 1. The van der Waals surface area contributed by atoms with Crippen molar-refractivity contribution >= 4 is 29.1 Å². The molecule has 8 heteroatoms. The van der Waals surface area contributed by atoms with Crippen LogP contribution in [0.2, 0.25) is 0 Å². The fourth-order valence-corrected chi connectivity index (χ4v) is 3.80. The lowest BCUT2D eigenvalue weighted by Gasteiger charge is -2.34. The zero-order chi connectivity index (χ0) is 20.1. The number of anilines is 4. The van der Waals surface area contributed by atoms with E-state index in [4.69, 9.17) is 4.74 Å². The number of rotatable bonds is 5. The van der Waals surface area contributed by atoms with Crippen molar-refractivity contribution in [3.8, 4) is 0 Å². The van der Waals surface area contributed by atoms with E-state index in [1.54, 1.807) is 11.2 Å². The second-order valence-electron chi connectivity index (χ2n) is 7.30. The van der Waals surface area contributed by atoms with Crippen molar-refractivity contribution in [2.75, 3.05) is 61.0 Å². The second kappa shape index (κ2) is 8.98. The standard InChI is InChI=1S/C21H28N6O2/c1-2-29-21(28)27-13-11-26(12-14-27)20-15-19(22-16-23-20)24-17-5-7-18(8-6-17)25-9-3-4-10-25/h5-8,15-16H,2-4,9-14H2,1H3,(H,22,23,24). The van der Waals surface area contributed by atoms with Crippen molar-refractivity contribution in [3.05, 3.63) is 36.7 Å². The smallest absolute Gasteiger partial charge is 0.409 e. The van der Waals surface area contributed by atoms with Gasteiger partial charge in [-0.3, -0.25) is 0 Å². The van der Waals surface area contributed by atoms with Crippen LogP contribution in [0.4, 0.5) is 27.8 Å². The van der Waals surface area contributed by atoms with Gasteiger partial charge in [-0.2, -0.15) is 0 Å². The Morgan fingerprint density at radius 3 is 2.41 bits per heavy atom. The maximum absolute atomic E-state index is 11.9. The van der Waals surface area contributed by atoms with Gasteiger partial charge in [0, 0.05) is 56.7 Å². The molecule has 0 radical (unpaired) electrons. The van der Waals surface area contributed by atoms with Crippen LogP contribution in [0.1, 0.15) is 19.8 Å². The van der Waals surface area contributed by atoms with Crippen molar-refractivity contribution < 1.29 is 9.53 Å². The van der Waals surface area contributed by atoms with E-state index in [1.165, 1.54) is 18.5 Å². The second-order valence-corrected chi connectivity index (χ2v) is 7.30. The van der Waals surface area contributed by atoms with Gasteiger partial charge in [0.05, 0.1) is 6.61 Å². The Hall–Kier alpha value is -3.03. The van der Waals surface area contributed by atoms with Crippen LogP contribution in [-0.4, -0.2) is 66.8 Å². The Kier molecular flexibility index (Phi) is 5.97. The van der Waals surface area contributed by atoms with E-state index in [1.807, 2.05) is 13.0 Å². The monoisotopic (exact) mass is 396 g/mol. The van der Waals surface area contributed by atoms with Gasteiger partial charge in [0.1, 0.15) is 18.0 Å². The topological polar surface area (TPSA) is 73.8 Å².